The number of rotatable bonds is 5. The smallest absolute Gasteiger partial charge is 0.0375 e. The maximum absolute atomic E-state index is 5.88. The summed E-state index contributed by atoms with van der Waals surface area (Å²) < 4.78 is 1.10. The van der Waals surface area contributed by atoms with Crippen LogP contribution < -0.4 is 10.6 Å². The molecule has 1 rings (SSSR count). The van der Waals surface area contributed by atoms with E-state index in [9.17, 15) is 0 Å². The van der Waals surface area contributed by atoms with E-state index in [1.165, 1.54) is 18.5 Å². The molecule has 0 aliphatic heterocycles. The molecule has 3 heteroatoms. The van der Waals surface area contributed by atoms with E-state index in [1.807, 2.05) is 6.92 Å². The zero-order chi connectivity index (χ0) is 12.1. The van der Waals surface area contributed by atoms with Crippen molar-refractivity contribution in [1.82, 2.24) is 0 Å². The highest BCUT2D eigenvalue weighted by atomic mass is 79.9. The van der Waals surface area contributed by atoms with E-state index in [2.05, 4.69) is 53.0 Å². The first-order valence-corrected chi connectivity index (χ1v) is 6.61. The van der Waals surface area contributed by atoms with Gasteiger partial charge >= 0.3 is 0 Å². The lowest BCUT2D eigenvalue weighted by Gasteiger charge is -2.20. The van der Waals surface area contributed by atoms with E-state index in [4.69, 9.17) is 5.73 Å². The van der Waals surface area contributed by atoms with Crippen LogP contribution in [0.3, 0.4) is 0 Å². The molecule has 90 valence electrons. The number of benzene rings is 1. The second-order valence-electron chi connectivity index (χ2n) is 4.27. The fraction of sp³-hybridized carbons (Fsp3) is 0.538. The first kappa shape index (κ1) is 13.5. The molecule has 2 N–H and O–H groups in total. The molecule has 2 nitrogen and oxygen atoms in total. The lowest BCUT2D eigenvalue weighted by Crippen LogP contribution is -2.18. The molecule has 1 unspecified atom stereocenters. The Bertz CT molecular complexity index is 337. The molecule has 0 aromatic heterocycles. The number of hydrogen-bond donors (Lipinski definition) is 1. The van der Waals surface area contributed by atoms with E-state index in [-0.39, 0.29) is 6.04 Å². The number of unbranched alkanes of at least 4 members (excludes halogenated alkanes) is 1. The zero-order valence-corrected chi connectivity index (χ0v) is 11.9. The van der Waals surface area contributed by atoms with E-state index in [0.717, 1.165) is 16.6 Å². The van der Waals surface area contributed by atoms with Crippen LogP contribution >= 0.6 is 15.9 Å². The van der Waals surface area contributed by atoms with Gasteiger partial charge in [-0.05, 0) is 31.0 Å². The molecule has 0 amide bonds. The summed E-state index contributed by atoms with van der Waals surface area (Å²) in [5.74, 6) is 0. The van der Waals surface area contributed by atoms with Crippen LogP contribution in [0.5, 0.6) is 0 Å². The normalized spacial score (nSPS) is 12.6. The van der Waals surface area contributed by atoms with Crippen LogP contribution in [0.2, 0.25) is 0 Å². The third kappa shape index (κ3) is 3.49. The third-order valence-electron chi connectivity index (χ3n) is 2.76. The van der Waals surface area contributed by atoms with E-state index in [0.29, 0.717) is 0 Å². The third-order valence-corrected chi connectivity index (χ3v) is 3.45. The average molecular weight is 285 g/mol. The van der Waals surface area contributed by atoms with Crippen LogP contribution in [0.15, 0.2) is 22.7 Å². The Labute approximate surface area is 107 Å². The molecule has 1 aromatic carbocycles. The quantitative estimate of drug-likeness (QED) is 0.893. The number of nitrogens with zero attached hydrogens (tertiary/aromatic N) is 1. The largest absolute Gasteiger partial charge is 0.375 e. The highest BCUT2D eigenvalue weighted by molar-refractivity contribution is 9.10. The molecule has 0 heterocycles. The summed E-state index contributed by atoms with van der Waals surface area (Å²) in [7, 11) is 2.13. The Kier molecular flexibility index (Phi) is 5.29. The maximum Gasteiger partial charge on any atom is 0.0375 e. The van der Waals surface area contributed by atoms with Crippen LogP contribution in [-0.4, -0.2) is 13.6 Å². The van der Waals surface area contributed by atoms with E-state index < -0.39 is 0 Å². The van der Waals surface area contributed by atoms with Crippen LogP contribution in [0.1, 0.15) is 38.3 Å². The molecule has 0 spiro atoms. The van der Waals surface area contributed by atoms with E-state index >= 15 is 0 Å². The van der Waals surface area contributed by atoms with E-state index in [1.54, 1.807) is 0 Å². The monoisotopic (exact) mass is 284 g/mol. The van der Waals surface area contributed by atoms with Crippen molar-refractivity contribution >= 4 is 21.6 Å². The molecule has 0 saturated heterocycles. The van der Waals surface area contributed by atoms with Gasteiger partial charge in [0, 0.05) is 29.8 Å². The van der Waals surface area contributed by atoms with Gasteiger partial charge in [0.05, 0.1) is 0 Å². The van der Waals surface area contributed by atoms with Gasteiger partial charge in [-0.2, -0.15) is 0 Å². The molecule has 0 saturated carbocycles. The molecular formula is C13H21BrN2. The van der Waals surface area contributed by atoms with Crippen LogP contribution in [-0.2, 0) is 0 Å². The molecule has 1 aromatic rings. The van der Waals surface area contributed by atoms with Gasteiger partial charge in [-0.15, -0.1) is 0 Å². The van der Waals surface area contributed by atoms with Gasteiger partial charge in [0.1, 0.15) is 0 Å². The van der Waals surface area contributed by atoms with Crippen LogP contribution in [0, 0.1) is 0 Å². The van der Waals surface area contributed by atoms with Gasteiger partial charge in [0.15, 0.2) is 0 Å². The minimum absolute atomic E-state index is 0.0735. The van der Waals surface area contributed by atoms with Gasteiger partial charge in [-0.3, -0.25) is 0 Å². The van der Waals surface area contributed by atoms with Crippen molar-refractivity contribution in [2.75, 3.05) is 18.5 Å². The first-order valence-electron chi connectivity index (χ1n) is 5.82. The first-order chi connectivity index (χ1) is 7.56. The Balaban J connectivity index is 2.80. The summed E-state index contributed by atoms with van der Waals surface area (Å²) in [6, 6.07) is 6.46. The molecular weight excluding hydrogens is 264 g/mol. The predicted molar refractivity (Wildman–Crippen MR) is 74.9 cm³/mol. The van der Waals surface area contributed by atoms with Crippen molar-refractivity contribution < 1.29 is 0 Å². The minimum atomic E-state index is 0.0735. The predicted octanol–water partition coefficient (Wildman–Crippen LogP) is 3.71. The van der Waals surface area contributed by atoms with Crippen molar-refractivity contribution in [1.29, 1.82) is 0 Å². The summed E-state index contributed by atoms with van der Waals surface area (Å²) in [5, 5.41) is 0. The fourth-order valence-electron chi connectivity index (χ4n) is 1.65. The number of halogens is 1. The van der Waals surface area contributed by atoms with Crippen molar-refractivity contribution in [3.8, 4) is 0 Å². The zero-order valence-electron chi connectivity index (χ0n) is 10.3. The molecule has 0 radical (unpaired) electrons. The number of anilines is 1. The van der Waals surface area contributed by atoms with Crippen LogP contribution in [0.4, 0.5) is 5.69 Å². The maximum atomic E-state index is 5.88. The van der Waals surface area contributed by atoms with Crippen molar-refractivity contribution in [3.63, 3.8) is 0 Å². The van der Waals surface area contributed by atoms with Gasteiger partial charge in [0.25, 0.3) is 0 Å². The minimum Gasteiger partial charge on any atom is -0.375 e. The molecule has 0 aliphatic rings. The molecule has 0 aliphatic carbocycles. The summed E-state index contributed by atoms with van der Waals surface area (Å²) in [5.41, 5.74) is 8.28. The second kappa shape index (κ2) is 6.26. The average Bonchev–Trinajstić information content (AvgIpc) is 2.25. The van der Waals surface area contributed by atoms with Crippen molar-refractivity contribution in [3.05, 3.63) is 28.2 Å². The topological polar surface area (TPSA) is 29.3 Å². The lowest BCUT2D eigenvalue weighted by molar-refractivity contribution is 0.765. The van der Waals surface area contributed by atoms with Gasteiger partial charge in [-0.25, -0.2) is 0 Å². The Morgan fingerprint density at radius 3 is 2.62 bits per heavy atom. The SMILES string of the molecule is CCCCN(C)c1ccc(C(C)N)c(Br)c1. The highest BCUT2D eigenvalue weighted by Crippen LogP contribution is 2.27. The molecule has 1 atom stereocenters. The van der Waals surface area contributed by atoms with Gasteiger partial charge in [0.2, 0.25) is 0 Å². The summed E-state index contributed by atoms with van der Waals surface area (Å²) in [6.07, 6.45) is 2.45. The summed E-state index contributed by atoms with van der Waals surface area (Å²) >= 11 is 3.58. The lowest BCUT2D eigenvalue weighted by atomic mass is 10.1. The fourth-order valence-corrected chi connectivity index (χ4v) is 2.37. The summed E-state index contributed by atoms with van der Waals surface area (Å²) in [4.78, 5) is 2.28. The number of nitrogens with two attached hydrogens (primary N) is 1. The van der Waals surface area contributed by atoms with Crippen molar-refractivity contribution in [2.24, 2.45) is 5.73 Å². The van der Waals surface area contributed by atoms with Crippen molar-refractivity contribution in [2.45, 2.75) is 32.7 Å². The Morgan fingerprint density at radius 2 is 2.12 bits per heavy atom. The van der Waals surface area contributed by atoms with Gasteiger partial charge in [-0.1, -0.05) is 35.3 Å². The summed E-state index contributed by atoms with van der Waals surface area (Å²) in [6.45, 7) is 5.31. The van der Waals surface area contributed by atoms with Crippen LogP contribution in [0.25, 0.3) is 0 Å². The Morgan fingerprint density at radius 1 is 1.44 bits per heavy atom. The molecule has 0 fully saturated rings. The molecule has 16 heavy (non-hydrogen) atoms. The highest BCUT2D eigenvalue weighted by Gasteiger charge is 2.07. The molecule has 0 bridgehead atoms. The van der Waals surface area contributed by atoms with Gasteiger partial charge < -0.3 is 10.6 Å². The second-order valence-corrected chi connectivity index (χ2v) is 5.12. The Hall–Kier alpha value is -0.540. The standard InChI is InChI=1S/C13H21BrN2/c1-4-5-8-16(3)11-6-7-12(10(2)15)13(14)9-11/h6-7,9-10H,4-5,8,15H2,1-3H3. The number of hydrogen-bond acceptors (Lipinski definition) is 2.